The van der Waals surface area contributed by atoms with E-state index in [1.807, 2.05) is 18.9 Å². The summed E-state index contributed by atoms with van der Waals surface area (Å²) in [4.78, 5) is 4.04. The summed E-state index contributed by atoms with van der Waals surface area (Å²) in [6, 6.07) is 0. The van der Waals surface area contributed by atoms with Gasteiger partial charge in [0.05, 0.1) is 25.5 Å². The van der Waals surface area contributed by atoms with Gasteiger partial charge in [-0.05, 0) is 38.4 Å². The molecule has 7 N–H and O–H groups in total. The summed E-state index contributed by atoms with van der Waals surface area (Å²) in [5.41, 5.74) is 11.3. The lowest BCUT2D eigenvalue weighted by Crippen LogP contribution is -2.60. The molecule has 7 heteroatoms. The van der Waals surface area contributed by atoms with Gasteiger partial charge in [-0.25, -0.2) is 0 Å². The molecule has 0 aromatic carbocycles. The van der Waals surface area contributed by atoms with Gasteiger partial charge in [0.1, 0.15) is 0 Å². The van der Waals surface area contributed by atoms with Crippen molar-refractivity contribution >= 4 is 0 Å². The lowest BCUT2D eigenvalue weighted by molar-refractivity contribution is 0.103. The zero-order chi connectivity index (χ0) is 22.8. The molecule has 0 saturated carbocycles. The van der Waals surface area contributed by atoms with Crippen molar-refractivity contribution in [2.24, 2.45) is 22.8 Å². The molecule has 0 radical (unpaired) electrons. The van der Waals surface area contributed by atoms with Crippen molar-refractivity contribution in [1.82, 2.24) is 9.80 Å². The number of likely N-dealkylation sites (N-methyl/N-ethyl adjacent to an activating group) is 2. The van der Waals surface area contributed by atoms with E-state index in [0.717, 1.165) is 19.6 Å². The van der Waals surface area contributed by atoms with E-state index >= 15 is 0 Å². The van der Waals surface area contributed by atoms with Crippen molar-refractivity contribution in [2.45, 2.75) is 67.0 Å². The fourth-order valence-corrected chi connectivity index (χ4v) is 2.46. The highest BCUT2D eigenvalue weighted by molar-refractivity contribution is 4.91. The average molecular weight is 409 g/mol. The molecule has 7 nitrogen and oxygen atoms in total. The van der Waals surface area contributed by atoms with E-state index < -0.39 is 5.66 Å². The van der Waals surface area contributed by atoms with Crippen LogP contribution in [-0.4, -0.2) is 90.4 Å². The zero-order valence-corrected chi connectivity index (χ0v) is 20.0. The van der Waals surface area contributed by atoms with E-state index in [0.29, 0.717) is 19.0 Å². The van der Waals surface area contributed by atoms with Gasteiger partial charge in [0.15, 0.2) is 0 Å². The molecular weight excluding hydrogens is 356 g/mol. The Hall–Kier alpha value is -0.280. The highest BCUT2D eigenvalue weighted by Gasteiger charge is 2.38. The lowest BCUT2D eigenvalue weighted by atomic mass is 9.69. The first kappa shape index (κ1) is 32.4. The van der Waals surface area contributed by atoms with Gasteiger partial charge in [0.25, 0.3) is 0 Å². The highest BCUT2D eigenvalue weighted by atomic mass is 16.3. The number of hydrogen-bond donors (Lipinski definition) is 5. The quantitative estimate of drug-likeness (QED) is 0.309. The second-order valence-electron chi connectivity index (χ2n) is 8.20. The normalized spacial score (nSPS) is 13.0. The number of nitrogens with two attached hydrogens (primary N) is 2. The van der Waals surface area contributed by atoms with Crippen LogP contribution in [0.15, 0.2) is 0 Å². The second-order valence-corrected chi connectivity index (χ2v) is 8.20. The van der Waals surface area contributed by atoms with Gasteiger partial charge >= 0.3 is 0 Å². The first-order valence-electron chi connectivity index (χ1n) is 10.7. The monoisotopic (exact) mass is 408 g/mol. The number of aliphatic hydroxyl groups is 3. The largest absolute Gasteiger partial charge is 0.395 e. The van der Waals surface area contributed by atoms with Crippen LogP contribution in [0, 0.1) is 11.3 Å². The van der Waals surface area contributed by atoms with Crippen LogP contribution in [0.25, 0.3) is 0 Å². The van der Waals surface area contributed by atoms with Gasteiger partial charge in [0.2, 0.25) is 0 Å². The molecule has 0 aliphatic heterocycles. The second kappa shape index (κ2) is 18.7. The van der Waals surface area contributed by atoms with Crippen LogP contribution >= 0.6 is 0 Å². The summed E-state index contributed by atoms with van der Waals surface area (Å²) < 4.78 is 0. The Morgan fingerprint density at radius 2 is 1.21 bits per heavy atom. The Kier molecular flexibility index (Phi) is 21.7. The summed E-state index contributed by atoms with van der Waals surface area (Å²) in [5, 5.41) is 25.1. The molecular formula is C21H52N4O3. The standard InChI is InChI=1S/C10H24N2.C6H15NO.C5H13NO2/c1-6-7-8(2)9(3,4)10(5,11)12;1-3-7(4-2)5-6-8;1-6(2-4-7)3-5-8/h8H,6-7,11-12H2,1-5H3;8H,3-6H2,1-2H3;7-8H,2-5H2,1H3. The Bertz CT molecular complexity index is 313. The minimum Gasteiger partial charge on any atom is -0.395 e. The first-order valence-corrected chi connectivity index (χ1v) is 10.7. The fourth-order valence-electron chi connectivity index (χ4n) is 2.46. The van der Waals surface area contributed by atoms with Gasteiger partial charge in [-0.2, -0.15) is 0 Å². The van der Waals surface area contributed by atoms with Crippen LogP contribution in [0.3, 0.4) is 0 Å². The van der Waals surface area contributed by atoms with Gasteiger partial charge in [-0.3, -0.25) is 0 Å². The Morgan fingerprint density at radius 3 is 1.43 bits per heavy atom. The maximum atomic E-state index is 8.46. The molecule has 0 spiro atoms. The van der Waals surface area contributed by atoms with Crippen LogP contribution in [0.5, 0.6) is 0 Å². The topological polar surface area (TPSA) is 119 Å². The van der Waals surface area contributed by atoms with Gasteiger partial charge in [-0.15, -0.1) is 0 Å². The van der Waals surface area contributed by atoms with Crippen LogP contribution in [0.1, 0.15) is 61.3 Å². The summed E-state index contributed by atoms with van der Waals surface area (Å²) in [6.45, 7) is 19.6. The molecule has 174 valence electrons. The minimum absolute atomic E-state index is 0.00299. The van der Waals surface area contributed by atoms with E-state index in [4.69, 9.17) is 26.8 Å². The van der Waals surface area contributed by atoms with E-state index in [1.165, 1.54) is 12.8 Å². The predicted molar refractivity (Wildman–Crippen MR) is 121 cm³/mol. The van der Waals surface area contributed by atoms with E-state index in [2.05, 4.69) is 46.4 Å². The number of rotatable bonds is 12. The Labute approximate surface area is 175 Å². The fraction of sp³-hybridized carbons (Fsp3) is 1.00. The summed E-state index contributed by atoms with van der Waals surface area (Å²) in [7, 11) is 1.85. The Morgan fingerprint density at radius 1 is 0.821 bits per heavy atom. The summed E-state index contributed by atoms with van der Waals surface area (Å²) in [6.07, 6.45) is 2.39. The molecule has 1 unspecified atom stereocenters. The van der Waals surface area contributed by atoms with Crippen LogP contribution in [-0.2, 0) is 0 Å². The molecule has 0 saturated heterocycles. The Balaban J connectivity index is -0.000000347. The van der Waals surface area contributed by atoms with Crippen molar-refractivity contribution < 1.29 is 15.3 Å². The average Bonchev–Trinajstić information content (AvgIpc) is 2.60. The van der Waals surface area contributed by atoms with Gasteiger partial charge in [-0.1, -0.05) is 54.4 Å². The SMILES string of the molecule is CCCC(C)C(C)(C)C(C)(N)N.CCN(CC)CCO.CN(CCO)CCO. The van der Waals surface area contributed by atoms with E-state index in [9.17, 15) is 0 Å². The third-order valence-corrected chi connectivity index (χ3v) is 5.62. The van der Waals surface area contributed by atoms with Crippen LogP contribution < -0.4 is 11.5 Å². The predicted octanol–water partition coefficient (Wildman–Crippen LogP) is 1.31. The minimum atomic E-state index is -0.582. The molecule has 0 aromatic rings. The molecule has 0 amide bonds. The van der Waals surface area contributed by atoms with E-state index in [1.54, 1.807) is 0 Å². The van der Waals surface area contributed by atoms with Crippen LogP contribution in [0.4, 0.5) is 0 Å². The van der Waals surface area contributed by atoms with E-state index in [-0.39, 0.29) is 25.2 Å². The first-order chi connectivity index (χ1) is 12.9. The molecule has 0 rings (SSSR count). The lowest BCUT2D eigenvalue weighted by Gasteiger charge is -2.43. The summed E-state index contributed by atoms with van der Waals surface area (Å²) in [5.74, 6) is 0.572. The van der Waals surface area contributed by atoms with Crippen molar-refractivity contribution in [2.75, 3.05) is 59.6 Å². The molecule has 0 bridgehead atoms. The molecule has 0 aliphatic rings. The van der Waals surface area contributed by atoms with Crippen molar-refractivity contribution in [3.8, 4) is 0 Å². The molecule has 0 aromatic heterocycles. The smallest absolute Gasteiger partial charge is 0.0662 e. The van der Waals surface area contributed by atoms with Crippen molar-refractivity contribution in [1.29, 1.82) is 0 Å². The number of nitrogens with zero attached hydrogens (tertiary/aromatic N) is 2. The number of hydrogen-bond acceptors (Lipinski definition) is 7. The molecule has 1 atom stereocenters. The zero-order valence-electron chi connectivity index (χ0n) is 20.0. The summed E-state index contributed by atoms with van der Waals surface area (Å²) >= 11 is 0. The van der Waals surface area contributed by atoms with Gasteiger partial charge < -0.3 is 36.6 Å². The van der Waals surface area contributed by atoms with Gasteiger partial charge in [0, 0.05) is 19.6 Å². The molecule has 28 heavy (non-hydrogen) atoms. The number of aliphatic hydroxyl groups excluding tert-OH is 3. The molecule has 0 fully saturated rings. The maximum absolute atomic E-state index is 8.46. The molecule has 0 heterocycles. The maximum Gasteiger partial charge on any atom is 0.0662 e. The van der Waals surface area contributed by atoms with Crippen LogP contribution in [0.2, 0.25) is 0 Å². The highest BCUT2D eigenvalue weighted by Crippen LogP contribution is 2.36. The van der Waals surface area contributed by atoms with Crippen molar-refractivity contribution in [3.05, 3.63) is 0 Å². The third-order valence-electron chi connectivity index (χ3n) is 5.62. The van der Waals surface area contributed by atoms with Crippen molar-refractivity contribution in [3.63, 3.8) is 0 Å². The molecule has 0 aliphatic carbocycles. The third kappa shape index (κ3) is 16.7.